The molecule has 0 aliphatic heterocycles. The van der Waals surface area contributed by atoms with Crippen molar-refractivity contribution in [2.24, 2.45) is 0 Å². The van der Waals surface area contributed by atoms with Gasteiger partial charge in [-0.05, 0) is 36.2 Å². The number of anilines is 1. The van der Waals surface area contributed by atoms with Crippen molar-refractivity contribution in [3.63, 3.8) is 0 Å². The number of carbonyl (C=O) groups is 2. The normalized spacial score (nSPS) is 12.2. The Morgan fingerprint density at radius 3 is 2.16 bits per heavy atom. The van der Waals surface area contributed by atoms with Crippen molar-refractivity contribution in [1.29, 1.82) is 0 Å². The Kier molecular flexibility index (Phi) is 8.25. The molecule has 0 saturated heterocycles. The molecule has 2 rings (SSSR count). The Labute approximate surface area is 184 Å². The Balaban J connectivity index is 2.43. The third-order valence-electron chi connectivity index (χ3n) is 4.77. The Hall–Kier alpha value is -3.08. The van der Waals surface area contributed by atoms with Gasteiger partial charge in [-0.3, -0.25) is 13.9 Å². The van der Waals surface area contributed by atoms with Crippen LogP contribution in [0.3, 0.4) is 0 Å². The molecule has 0 saturated carbocycles. The summed E-state index contributed by atoms with van der Waals surface area (Å²) in [7, 11) is -2.67. The van der Waals surface area contributed by atoms with Gasteiger partial charge in [-0.25, -0.2) is 21.6 Å². The molecule has 2 aromatic carbocycles. The van der Waals surface area contributed by atoms with E-state index in [-0.39, 0.29) is 18.7 Å². The summed E-state index contributed by atoms with van der Waals surface area (Å²) in [5.41, 5.74) is 0.273. The van der Waals surface area contributed by atoms with Crippen molar-refractivity contribution in [3.05, 3.63) is 65.5 Å². The van der Waals surface area contributed by atoms with E-state index < -0.39 is 51.9 Å². The minimum absolute atomic E-state index is 0.0968. The molecule has 0 bridgehead atoms. The van der Waals surface area contributed by atoms with Crippen LogP contribution < -0.4 is 9.62 Å². The van der Waals surface area contributed by atoms with Gasteiger partial charge in [0.1, 0.15) is 18.4 Å². The third kappa shape index (κ3) is 6.22. The Morgan fingerprint density at radius 2 is 1.66 bits per heavy atom. The van der Waals surface area contributed by atoms with Crippen LogP contribution in [0.25, 0.3) is 0 Å². The molecular formula is C21H24F3N3O4S. The Bertz CT molecular complexity index is 1080. The number of halogens is 3. The molecule has 0 unspecified atom stereocenters. The van der Waals surface area contributed by atoms with Gasteiger partial charge in [0.2, 0.25) is 21.8 Å². The Morgan fingerprint density at radius 1 is 1.03 bits per heavy atom. The van der Waals surface area contributed by atoms with Crippen molar-refractivity contribution in [2.75, 3.05) is 24.2 Å². The zero-order valence-electron chi connectivity index (χ0n) is 17.8. The summed E-state index contributed by atoms with van der Waals surface area (Å²) in [6.45, 7) is 0.827. The summed E-state index contributed by atoms with van der Waals surface area (Å²) >= 11 is 0. The van der Waals surface area contributed by atoms with Gasteiger partial charge in [0.15, 0.2) is 11.6 Å². The van der Waals surface area contributed by atoms with Crippen LogP contribution in [0.5, 0.6) is 0 Å². The van der Waals surface area contributed by atoms with E-state index in [0.717, 1.165) is 18.4 Å². The van der Waals surface area contributed by atoms with Crippen LogP contribution in [0.2, 0.25) is 0 Å². The van der Waals surface area contributed by atoms with Crippen molar-refractivity contribution in [1.82, 2.24) is 10.2 Å². The highest BCUT2D eigenvalue weighted by molar-refractivity contribution is 7.92. The highest BCUT2D eigenvalue weighted by Crippen LogP contribution is 2.22. The van der Waals surface area contributed by atoms with E-state index in [1.54, 1.807) is 6.92 Å². The fraction of sp³-hybridized carbons (Fsp3) is 0.333. The van der Waals surface area contributed by atoms with E-state index >= 15 is 0 Å². The smallest absolute Gasteiger partial charge is 0.244 e. The van der Waals surface area contributed by atoms with Crippen molar-refractivity contribution < 1.29 is 31.2 Å². The van der Waals surface area contributed by atoms with E-state index in [1.807, 2.05) is 0 Å². The van der Waals surface area contributed by atoms with Gasteiger partial charge in [0, 0.05) is 19.7 Å². The summed E-state index contributed by atoms with van der Waals surface area (Å²) in [5.74, 6) is -4.14. The number of nitrogens with zero attached hydrogens (tertiary/aromatic N) is 2. The lowest BCUT2D eigenvalue weighted by atomic mass is 10.1. The molecule has 1 N–H and O–H groups in total. The minimum Gasteiger partial charge on any atom is -0.357 e. The fourth-order valence-electron chi connectivity index (χ4n) is 3.13. The van der Waals surface area contributed by atoms with Gasteiger partial charge in [0.25, 0.3) is 0 Å². The number of benzene rings is 2. The summed E-state index contributed by atoms with van der Waals surface area (Å²) < 4.78 is 65.6. The van der Waals surface area contributed by atoms with Crippen LogP contribution in [-0.4, -0.2) is 51.0 Å². The second kappa shape index (κ2) is 10.5. The molecule has 0 aromatic heterocycles. The highest BCUT2D eigenvalue weighted by Gasteiger charge is 2.31. The van der Waals surface area contributed by atoms with Crippen molar-refractivity contribution in [3.8, 4) is 0 Å². The van der Waals surface area contributed by atoms with E-state index in [0.29, 0.717) is 15.9 Å². The average Bonchev–Trinajstić information content (AvgIpc) is 2.74. The molecule has 0 aliphatic rings. The number of hydrogen-bond acceptors (Lipinski definition) is 4. The van der Waals surface area contributed by atoms with Gasteiger partial charge in [0.05, 0.1) is 11.9 Å². The van der Waals surface area contributed by atoms with Crippen LogP contribution in [0.15, 0.2) is 42.5 Å². The van der Waals surface area contributed by atoms with E-state index in [4.69, 9.17) is 0 Å². The lowest BCUT2D eigenvalue weighted by Gasteiger charge is -2.32. The van der Waals surface area contributed by atoms with Crippen molar-refractivity contribution >= 4 is 27.5 Å². The van der Waals surface area contributed by atoms with E-state index in [9.17, 15) is 31.2 Å². The molecule has 0 spiro atoms. The predicted molar refractivity (Wildman–Crippen MR) is 114 cm³/mol. The standard InChI is InChI=1S/C21H24F3N3O4S/c1-4-19(21(29)25-2)26(12-14-5-7-15(22)8-6-14)20(28)13-27(32(3,30)31)16-9-10-17(23)18(24)11-16/h5-11,19H,4,12-13H2,1-3H3,(H,25,29)/t19-/m1/s1. The first kappa shape index (κ1) is 25.2. The maximum Gasteiger partial charge on any atom is 0.244 e. The van der Waals surface area contributed by atoms with E-state index in [2.05, 4.69) is 5.32 Å². The largest absolute Gasteiger partial charge is 0.357 e. The van der Waals surface area contributed by atoms with Crippen LogP contribution in [0.1, 0.15) is 18.9 Å². The van der Waals surface area contributed by atoms with Crippen LogP contribution >= 0.6 is 0 Å². The number of nitrogens with one attached hydrogen (secondary N) is 1. The molecule has 32 heavy (non-hydrogen) atoms. The van der Waals surface area contributed by atoms with Crippen LogP contribution in [0, 0.1) is 17.5 Å². The lowest BCUT2D eigenvalue weighted by molar-refractivity contribution is -0.140. The summed E-state index contributed by atoms with van der Waals surface area (Å²) in [4.78, 5) is 26.8. The van der Waals surface area contributed by atoms with Gasteiger partial charge in [-0.15, -0.1) is 0 Å². The fourth-order valence-corrected chi connectivity index (χ4v) is 3.97. The number of sulfonamides is 1. The molecule has 2 aromatic rings. The average molecular weight is 472 g/mol. The predicted octanol–water partition coefficient (Wildman–Crippen LogP) is 2.42. The summed E-state index contributed by atoms with van der Waals surface area (Å²) in [5, 5.41) is 2.46. The van der Waals surface area contributed by atoms with Gasteiger partial charge in [-0.1, -0.05) is 19.1 Å². The van der Waals surface area contributed by atoms with Gasteiger partial charge >= 0.3 is 0 Å². The monoisotopic (exact) mass is 471 g/mol. The molecule has 174 valence electrons. The van der Waals surface area contributed by atoms with E-state index in [1.165, 1.54) is 36.2 Å². The second-order valence-electron chi connectivity index (χ2n) is 7.05. The molecule has 7 nitrogen and oxygen atoms in total. The topological polar surface area (TPSA) is 86.8 Å². The number of hydrogen-bond donors (Lipinski definition) is 1. The van der Waals surface area contributed by atoms with Crippen LogP contribution in [0.4, 0.5) is 18.9 Å². The molecule has 0 aliphatic carbocycles. The second-order valence-corrected chi connectivity index (χ2v) is 8.96. The lowest BCUT2D eigenvalue weighted by Crippen LogP contribution is -2.51. The SMILES string of the molecule is CC[C@H](C(=O)NC)N(Cc1ccc(F)cc1)C(=O)CN(c1ccc(F)c(F)c1)S(C)(=O)=O. The van der Waals surface area contributed by atoms with Gasteiger partial charge in [-0.2, -0.15) is 0 Å². The number of amides is 2. The molecule has 0 fully saturated rings. The molecule has 0 radical (unpaired) electrons. The number of rotatable bonds is 9. The summed E-state index contributed by atoms with van der Waals surface area (Å²) in [6.07, 6.45) is 1.04. The number of carbonyl (C=O) groups excluding carboxylic acids is 2. The first-order valence-corrected chi connectivity index (χ1v) is 11.5. The molecule has 0 heterocycles. The molecule has 2 amide bonds. The molecular weight excluding hydrogens is 447 g/mol. The molecule has 11 heteroatoms. The zero-order valence-corrected chi connectivity index (χ0v) is 18.6. The number of likely N-dealkylation sites (N-methyl/N-ethyl adjacent to an activating group) is 1. The maximum absolute atomic E-state index is 13.7. The molecule has 1 atom stereocenters. The third-order valence-corrected chi connectivity index (χ3v) is 5.91. The van der Waals surface area contributed by atoms with Crippen LogP contribution in [-0.2, 0) is 26.2 Å². The van der Waals surface area contributed by atoms with Crippen molar-refractivity contribution in [2.45, 2.75) is 25.9 Å². The first-order chi connectivity index (χ1) is 15.0. The maximum atomic E-state index is 13.7. The summed E-state index contributed by atoms with van der Waals surface area (Å²) in [6, 6.07) is 6.79. The highest BCUT2D eigenvalue weighted by atomic mass is 32.2. The van der Waals surface area contributed by atoms with Gasteiger partial charge < -0.3 is 10.2 Å². The zero-order chi connectivity index (χ0) is 24.1. The minimum atomic E-state index is -4.07. The quantitative estimate of drug-likeness (QED) is 0.609. The first-order valence-electron chi connectivity index (χ1n) is 9.66.